The molecule has 136 valence electrons. The van der Waals surface area contributed by atoms with E-state index in [0.717, 1.165) is 5.56 Å². The number of rotatable bonds is 5. The first-order valence-electron chi connectivity index (χ1n) is 8.20. The lowest BCUT2D eigenvalue weighted by Crippen LogP contribution is -2.25. The Bertz CT molecular complexity index is 1030. The number of nitro benzene ring substituents is 1. The van der Waals surface area contributed by atoms with Gasteiger partial charge in [0.05, 0.1) is 21.9 Å². The van der Waals surface area contributed by atoms with Crippen LogP contribution in [0.15, 0.2) is 60.8 Å². The van der Waals surface area contributed by atoms with Crippen LogP contribution in [0.3, 0.4) is 0 Å². The van der Waals surface area contributed by atoms with Crippen molar-refractivity contribution in [2.45, 2.75) is 13.0 Å². The number of aromatic nitrogens is 1. The van der Waals surface area contributed by atoms with Crippen LogP contribution in [0.2, 0.25) is 0 Å². The molecule has 0 saturated carbocycles. The minimum absolute atomic E-state index is 0.00478. The van der Waals surface area contributed by atoms with Crippen molar-refractivity contribution in [3.63, 3.8) is 0 Å². The number of nitrogens with zero attached hydrogens (tertiary/aromatic N) is 2. The molecule has 0 fully saturated rings. The second-order valence-corrected chi connectivity index (χ2v) is 5.92. The zero-order valence-electron chi connectivity index (χ0n) is 14.5. The van der Waals surface area contributed by atoms with Gasteiger partial charge in [-0.3, -0.25) is 19.9 Å². The van der Waals surface area contributed by atoms with Crippen LogP contribution in [0.5, 0.6) is 5.75 Å². The lowest BCUT2D eigenvalue weighted by atomic mass is 10.00. The van der Waals surface area contributed by atoms with Gasteiger partial charge in [-0.1, -0.05) is 48.2 Å². The Labute approximate surface area is 155 Å². The second-order valence-electron chi connectivity index (χ2n) is 5.92. The predicted octanol–water partition coefficient (Wildman–Crippen LogP) is 3.11. The minimum Gasteiger partial charge on any atom is -0.871 e. The summed E-state index contributed by atoms with van der Waals surface area (Å²) in [6, 6.07) is 12.7. The van der Waals surface area contributed by atoms with E-state index < -0.39 is 16.7 Å². The summed E-state index contributed by atoms with van der Waals surface area (Å²) in [7, 11) is 0. The third kappa shape index (κ3) is 3.92. The van der Waals surface area contributed by atoms with Gasteiger partial charge in [0.2, 0.25) is 5.91 Å². The highest BCUT2D eigenvalue weighted by molar-refractivity contribution is 5.93. The van der Waals surface area contributed by atoms with E-state index in [1.54, 1.807) is 12.2 Å². The fourth-order valence-electron chi connectivity index (χ4n) is 2.82. The molecular formula is C20H16N3O4-. The summed E-state index contributed by atoms with van der Waals surface area (Å²) < 4.78 is 0. The molecule has 27 heavy (non-hydrogen) atoms. The number of non-ortho nitro benzene ring substituents is 1. The Morgan fingerprint density at radius 2 is 1.96 bits per heavy atom. The number of amides is 1. The van der Waals surface area contributed by atoms with Gasteiger partial charge in [0.15, 0.2) is 0 Å². The number of pyridine rings is 1. The standard InChI is InChI=1S/C20H17N3O4/c1-13(24)22-17(10-9-14-6-3-2-4-7-14)16-12-18(23(26)27)15-8-5-11-21-19(15)20(16)25/h2-12,17,25H,1H3,(H,22,24)/p-1/t17-/m1/s1. The van der Waals surface area contributed by atoms with E-state index in [9.17, 15) is 20.0 Å². The van der Waals surface area contributed by atoms with Gasteiger partial charge in [-0.05, 0) is 23.3 Å². The van der Waals surface area contributed by atoms with Crippen molar-refractivity contribution in [3.8, 4) is 5.75 Å². The predicted molar refractivity (Wildman–Crippen MR) is 99.9 cm³/mol. The number of nitro groups is 1. The number of nitrogens with one attached hydrogen (secondary N) is 1. The maximum Gasteiger partial charge on any atom is 0.279 e. The van der Waals surface area contributed by atoms with Crippen molar-refractivity contribution in [1.82, 2.24) is 10.3 Å². The molecule has 0 spiro atoms. The highest BCUT2D eigenvalue weighted by Gasteiger charge is 2.20. The largest absolute Gasteiger partial charge is 0.871 e. The van der Waals surface area contributed by atoms with Crippen LogP contribution in [-0.4, -0.2) is 15.8 Å². The van der Waals surface area contributed by atoms with Crippen molar-refractivity contribution < 1.29 is 14.8 Å². The fourth-order valence-corrected chi connectivity index (χ4v) is 2.82. The smallest absolute Gasteiger partial charge is 0.279 e. The Balaban J connectivity index is 2.15. The molecule has 0 saturated heterocycles. The Morgan fingerprint density at radius 1 is 1.22 bits per heavy atom. The molecule has 3 aromatic rings. The summed E-state index contributed by atoms with van der Waals surface area (Å²) in [5.74, 6) is -0.812. The molecule has 3 rings (SSSR count). The first kappa shape index (κ1) is 18.1. The molecule has 1 N–H and O–H groups in total. The molecule has 1 aromatic heterocycles. The Morgan fingerprint density at radius 3 is 2.63 bits per heavy atom. The highest BCUT2D eigenvalue weighted by Crippen LogP contribution is 2.36. The van der Waals surface area contributed by atoms with E-state index in [0.29, 0.717) is 0 Å². The summed E-state index contributed by atoms with van der Waals surface area (Å²) in [6.45, 7) is 1.32. The average molecular weight is 362 g/mol. The van der Waals surface area contributed by atoms with Crippen molar-refractivity contribution in [3.05, 3.63) is 82.0 Å². The van der Waals surface area contributed by atoms with Crippen LogP contribution < -0.4 is 10.4 Å². The molecule has 0 aliphatic rings. The SMILES string of the molecule is CC(=O)N[C@H](C=Cc1ccccc1)c1cc([N+](=O)[O-])c2cccnc2c1[O-]. The van der Waals surface area contributed by atoms with E-state index in [1.807, 2.05) is 30.3 Å². The van der Waals surface area contributed by atoms with Crippen LogP contribution in [0.1, 0.15) is 24.1 Å². The molecular weight excluding hydrogens is 346 g/mol. The monoisotopic (exact) mass is 362 g/mol. The van der Waals surface area contributed by atoms with Crippen molar-refractivity contribution in [1.29, 1.82) is 0 Å². The Kier molecular flexibility index (Phi) is 5.12. The molecule has 1 atom stereocenters. The number of hydrogen-bond acceptors (Lipinski definition) is 5. The zero-order valence-corrected chi connectivity index (χ0v) is 14.5. The number of fused-ring (bicyclic) bond motifs is 1. The van der Waals surface area contributed by atoms with Gasteiger partial charge in [-0.15, -0.1) is 0 Å². The van der Waals surface area contributed by atoms with Crippen molar-refractivity contribution in [2.24, 2.45) is 0 Å². The number of carbonyl (C=O) groups is 1. The van der Waals surface area contributed by atoms with Crippen LogP contribution in [0.25, 0.3) is 17.0 Å². The van der Waals surface area contributed by atoms with Crippen molar-refractivity contribution in [2.75, 3.05) is 0 Å². The van der Waals surface area contributed by atoms with Crippen LogP contribution in [0, 0.1) is 10.1 Å². The first-order chi connectivity index (χ1) is 13.0. The molecule has 0 bridgehead atoms. The van der Waals surface area contributed by atoms with Crippen LogP contribution in [-0.2, 0) is 4.79 Å². The molecule has 1 amide bonds. The third-order valence-electron chi connectivity index (χ3n) is 4.02. The van der Waals surface area contributed by atoms with Gasteiger partial charge in [-0.2, -0.15) is 0 Å². The maximum atomic E-state index is 12.9. The summed E-state index contributed by atoms with van der Waals surface area (Å²) in [6.07, 6.45) is 4.78. The summed E-state index contributed by atoms with van der Waals surface area (Å²) >= 11 is 0. The molecule has 0 radical (unpaired) electrons. The van der Waals surface area contributed by atoms with Gasteiger partial charge >= 0.3 is 0 Å². The maximum absolute atomic E-state index is 12.9. The second kappa shape index (κ2) is 7.65. The lowest BCUT2D eigenvalue weighted by Gasteiger charge is -2.22. The van der Waals surface area contributed by atoms with Crippen molar-refractivity contribution >= 4 is 28.6 Å². The quantitative estimate of drug-likeness (QED) is 0.554. The number of benzene rings is 2. The molecule has 0 aliphatic heterocycles. The van der Waals surface area contributed by atoms with E-state index >= 15 is 0 Å². The fraction of sp³-hybridized carbons (Fsp3) is 0.100. The van der Waals surface area contributed by atoms with Gasteiger partial charge in [0, 0.05) is 19.2 Å². The third-order valence-corrected chi connectivity index (χ3v) is 4.02. The van der Waals surface area contributed by atoms with Gasteiger partial charge in [-0.25, -0.2) is 0 Å². The molecule has 7 nitrogen and oxygen atoms in total. The zero-order chi connectivity index (χ0) is 19.4. The summed E-state index contributed by atoms with van der Waals surface area (Å²) in [5.41, 5.74) is 0.741. The van der Waals surface area contributed by atoms with E-state index in [4.69, 9.17) is 0 Å². The number of carbonyl (C=O) groups excluding carboxylic acids is 1. The molecule has 1 heterocycles. The molecule has 0 unspecified atom stereocenters. The highest BCUT2D eigenvalue weighted by atomic mass is 16.6. The lowest BCUT2D eigenvalue weighted by molar-refractivity contribution is -0.383. The number of hydrogen-bond donors (Lipinski definition) is 1. The molecule has 0 aliphatic carbocycles. The Hall–Kier alpha value is -3.74. The molecule has 2 aromatic carbocycles. The van der Waals surface area contributed by atoms with Crippen LogP contribution in [0.4, 0.5) is 5.69 Å². The minimum atomic E-state index is -0.819. The van der Waals surface area contributed by atoms with E-state index in [-0.39, 0.29) is 28.1 Å². The average Bonchev–Trinajstić information content (AvgIpc) is 2.66. The van der Waals surface area contributed by atoms with Gasteiger partial charge in [0.1, 0.15) is 0 Å². The van der Waals surface area contributed by atoms with Gasteiger partial charge in [0.25, 0.3) is 5.69 Å². The van der Waals surface area contributed by atoms with E-state index in [1.165, 1.54) is 31.3 Å². The van der Waals surface area contributed by atoms with Crippen LogP contribution >= 0.6 is 0 Å². The van der Waals surface area contributed by atoms with Gasteiger partial charge < -0.3 is 10.4 Å². The topological polar surface area (TPSA) is 108 Å². The first-order valence-corrected chi connectivity index (χ1v) is 8.20. The summed E-state index contributed by atoms with van der Waals surface area (Å²) in [4.78, 5) is 26.6. The van der Waals surface area contributed by atoms with E-state index in [2.05, 4.69) is 10.3 Å². The summed E-state index contributed by atoms with van der Waals surface area (Å²) in [5, 5.41) is 27.2. The molecule has 7 heteroatoms. The normalized spacial score (nSPS) is 12.2.